The summed E-state index contributed by atoms with van der Waals surface area (Å²) in [5, 5.41) is 0. The molecule has 1 rings (SSSR count). The monoisotopic (exact) mass is 381 g/mol. The summed E-state index contributed by atoms with van der Waals surface area (Å²) < 4.78 is 116. The van der Waals surface area contributed by atoms with Gasteiger partial charge in [0.1, 0.15) is 0 Å². The highest BCUT2D eigenvalue weighted by Gasteiger charge is 2.45. The van der Waals surface area contributed by atoms with Crippen LogP contribution in [0.25, 0.3) is 0 Å². The maximum absolute atomic E-state index is 13.0. The van der Waals surface area contributed by atoms with Crippen molar-refractivity contribution in [3.63, 3.8) is 0 Å². The third kappa shape index (κ3) is 5.15. The minimum atomic E-state index is -5.60. The molecule has 0 bridgehead atoms. The van der Waals surface area contributed by atoms with Gasteiger partial charge in [0, 0.05) is 0 Å². The highest BCUT2D eigenvalue weighted by Crippen LogP contribution is 2.47. The van der Waals surface area contributed by atoms with Crippen LogP contribution in [0.1, 0.15) is 16.7 Å². The Morgan fingerprint density at radius 1 is 0.720 bits per heavy atom. The van der Waals surface area contributed by atoms with Gasteiger partial charge in [0.25, 0.3) is 0 Å². The first-order chi connectivity index (χ1) is 11.0. The lowest BCUT2D eigenvalue weighted by molar-refractivity contribution is -0.147. The molecular formula is C11H8F9N5. The van der Waals surface area contributed by atoms with Crippen molar-refractivity contribution in [3.05, 3.63) is 28.8 Å². The van der Waals surface area contributed by atoms with Crippen LogP contribution in [0.2, 0.25) is 0 Å². The number of hydrogen-bond acceptors (Lipinski definition) is 1. The van der Waals surface area contributed by atoms with Crippen molar-refractivity contribution >= 4 is 17.6 Å². The van der Waals surface area contributed by atoms with E-state index in [0.717, 1.165) is 0 Å². The summed E-state index contributed by atoms with van der Waals surface area (Å²) in [6.07, 6.45) is -16.7. The Balaban J connectivity index is 3.93. The third-order valence-corrected chi connectivity index (χ3v) is 2.52. The molecule has 1 aromatic rings. The normalized spacial score (nSPS) is 13.7. The van der Waals surface area contributed by atoms with Crippen molar-refractivity contribution in [1.82, 2.24) is 0 Å². The van der Waals surface area contributed by atoms with Crippen LogP contribution < -0.4 is 17.2 Å². The van der Waals surface area contributed by atoms with Crippen molar-refractivity contribution in [2.24, 2.45) is 27.2 Å². The summed E-state index contributed by atoms with van der Waals surface area (Å²) in [7, 11) is 0. The van der Waals surface area contributed by atoms with Gasteiger partial charge in [0.05, 0.1) is 22.4 Å². The number of benzene rings is 1. The van der Waals surface area contributed by atoms with Crippen molar-refractivity contribution in [2.75, 3.05) is 0 Å². The molecule has 0 saturated heterocycles. The number of guanidine groups is 2. The summed E-state index contributed by atoms with van der Waals surface area (Å²) in [6.45, 7) is 0. The molecule has 0 fully saturated rings. The first-order valence-corrected chi connectivity index (χ1v) is 5.87. The van der Waals surface area contributed by atoms with Gasteiger partial charge in [-0.1, -0.05) is 0 Å². The van der Waals surface area contributed by atoms with Gasteiger partial charge in [-0.15, -0.1) is 0 Å². The molecule has 1 aromatic carbocycles. The van der Waals surface area contributed by atoms with E-state index in [1.807, 2.05) is 0 Å². The molecule has 0 aliphatic rings. The number of rotatable bonds is 1. The lowest BCUT2D eigenvalue weighted by Gasteiger charge is -2.19. The maximum atomic E-state index is 13.0. The Hall–Kier alpha value is -2.67. The summed E-state index contributed by atoms with van der Waals surface area (Å²) in [5.41, 5.74) is 6.04. The van der Waals surface area contributed by atoms with Gasteiger partial charge in [0.15, 0.2) is 5.96 Å². The zero-order valence-electron chi connectivity index (χ0n) is 11.7. The van der Waals surface area contributed by atoms with E-state index in [2.05, 4.69) is 9.98 Å². The molecule has 5 nitrogen and oxygen atoms in total. The summed E-state index contributed by atoms with van der Waals surface area (Å²) in [4.78, 5) is 5.73. The SMILES string of the molecule is NC(N)=NC(N)=Nc1c(C(F)(F)F)cc(C(F)(F)F)cc1C(F)(F)F. The molecule has 0 spiro atoms. The van der Waals surface area contributed by atoms with Crippen LogP contribution in [0.5, 0.6) is 0 Å². The van der Waals surface area contributed by atoms with Crippen molar-refractivity contribution in [2.45, 2.75) is 18.5 Å². The van der Waals surface area contributed by atoms with E-state index in [1.165, 1.54) is 0 Å². The molecule has 0 unspecified atom stereocenters. The van der Waals surface area contributed by atoms with Crippen LogP contribution >= 0.6 is 0 Å². The molecule has 0 heterocycles. The van der Waals surface area contributed by atoms with Crippen LogP contribution in [0.15, 0.2) is 22.1 Å². The van der Waals surface area contributed by atoms with Crippen LogP contribution in [-0.4, -0.2) is 11.9 Å². The van der Waals surface area contributed by atoms with Crippen LogP contribution in [0.4, 0.5) is 45.2 Å². The van der Waals surface area contributed by atoms with E-state index in [-0.39, 0.29) is 0 Å². The van der Waals surface area contributed by atoms with E-state index in [0.29, 0.717) is 0 Å². The van der Waals surface area contributed by atoms with Crippen molar-refractivity contribution in [3.8, 4) is 0 Å². The van der Waals surface area contributed by atoms with Gasteiger partial charge in [-0.2, -0.15) is 44.5 Å². The zero-order chi connectivity index (χ0) is 19.8. The predicted octanol–water partition coefficient (Wildman–Crippen LogP) is 2.96. The quantitative estimate of drug-likeness (QED) is 0.396. The Bertz CT molecular complexity index is 673. The second kappa shape index (κ2) is 6.33. The largest absolute Gasteiger partial charge is 0.418 e. The van der Waals surface area contributed by atoms with Gasteiger partial charge in [-0.05, 0) is 12.1 Å². The first kappa shape index (κ1) is 20.4. The average Bonchev–Trinajstić information content (AvgIpc) is 2.33. The Morgan fingerprint density at radius 2 is 1.12 bits per heavy atom. The molecule has 14 heteroatoms. The molecule has 0 saturated carbocycles. The third-order valence-electron chi connectivity index (χ3n) is 2.52. The second-order valence-electron chi connectivity index (χ2n) is 4.42. The van der Waals surface area contributed by atoms with Gasteiger partial charge in [0.2, 0.25) is 5.96 Å². The number of halogens is 9. The minimum absolute atomic E-state index is 0.517. The lowest BCUT2D eigenvalue weighted by atomic mass is 10.0. The van der Waals surface area contributed by atoms with E-state index in [9.17, 15) is 39.5 Å². The predicted molar refractivity (Wildman–Crippen MR) is 68.5 cm³/mol. The maximum Gasteiger partial charge on any atom is 0.418 e. The van der Waals surface area contributed by atoms with Crippen molar-refractivity contribution < 1.29 is 39.5 Å². The molecular weight excluding hydrogens is 373 g/mol. The van der Waals surface area contributed by atoms with Crippen molar-refractivity contribution in [1.29, 1.82) is 0 Å². The molecule has 25 heavy (non-hydrogen) atoms. The summed E-state index contributed by atoms with van der Waals surface area (Å²) in [5.74, 6) is -2.05. The van der Waals surface area contributed by atoms with Crippen LogP contribution in [-0.2, 0) is 18.5 Å². The molecule has 0 aromatic heterocycles. The summed E-state index contributed by atoms with van der Waals surface area (Å²) in [6, 6.07) is -1.03. The van der Waals surface area contributed by atoms with Crippen LogP contribution in [0, 0.1) is 0 Å². The number of hydrogen-bond donors (Lipinski definition) is 3. The van der Waals surface area contributed by atoms with Gasteiger partial charge >= 0.3 is 18.5 Å². The smallest absolute Gasteiger partial charge is 0.370 e. The van der Waals surface area contributed by atoms with E-state index in [4.69, 9.17) is 17.2 Å². The highest BCUT2D eigenvalue weighted by molar-refractivity contribution is 5.94. The Kier molecular flexibility index (Phi) is 5.16. The fraction of sp³-hybridized carbons (Fsp3) is 0.273. The van der Waals surface area contributed by atoms with E-state index in [1.54, 1.807) is 0 Å². The minimum Gasteiger partial charge on any atom is -0.370 e. The standard InChI is InChI=1S/C11H8F9N5/c12-9(13,14)3-1-4(10(15,16)17)6(5(2-3)11(18,19)20)24-8(23)25-7(21)22/h1-2H,(H6,21,22,23,24,25). The first-order valence-electron chi connectivity index (χ1n) is 5.87. The number of aliphatic imine (C=N–C) groups is 2. The molecule has 0 amide bonds. The number of nitrogens with two attached hydrogens (primary N) is 3. The summed E-state index contributed by atoms with van der Waals surface area (Å²) >= 11 is 0. The molecule has 0 aliphatic carbocycles. The van der Waals surface area contributed by atoms with Gasteiger partial charge < -0.3 is 17.2 Å². The number of nitrogens with zero attached hydrogens (tertiary/aromatic N) is 2. The number of alkyl halides is 9. The second-order valence-corrected chi connectivity index (χ2v) is 4.42. The Labute approximate surface area is 133 Å². The molecule has 0 atom stereocenters. The Morgan fingerprint density at radius 3 is 1.40 bits per heavy atom. The lowest BCUT2D eigenvalue weighted by Crippen LogP contribution is -2.26. The van der Waals surface area contributed by atoms with E-state index >= 15 is 0 Å². The van der Waals surface area contributed by atoms with Crippen LogP contribution in [0.3, 0.4) is 0 Å². The molecule has 140 valence electrons. The molecule has 0 aliphatic heterocycles. The van der Waals surface area contributed by atoms with E-state index < -0.39 is 65.0 Å². The fourth-order valence-electron chi connectivity index (χ4n) is 1.62. The topological polar surface area (TPSA) is 103 Å². The highest BCUT2D eigenvalue weighted by atomic mass is 19.4. The molecule has 0 radical (unpaired) electrons. The van der Waals surface area contributed by atoms with Gasteiger partial charge in [-0.3, -0.25) is 0 Å². The average molecular weight is 381 g/mol. The van der Waals surface area contributed by atoms with Gasteiger partial charge in [-0.25, -0.2) is 4.99 Å². The molecule has 6 N–H and O–H groups in total. The fourth-order valence-corrected chi connectivity index (χ4v) is 1.62. The zero-order valence-corrected chi connectivity index (χ0v) is 11.7.